The molecule has 0 saturated heterocycles. The van der Waals surface area contributed by atoms with E-state index in [2.05, 4.69) is 0 Å². The Kier molecular flexibility index (Phi) is 8.95. The van der Waals surface area contributed by atoms with Crippen LogP contribution in [0.3, 0.4) is 0 Å². The smallest absolute Gasteiger partial charge is 0.316 e. The number of carbonyl (C=O) groups is 2. The minimum absolute atomic E-state index is 0.234. The molecule has 0 bridgehead atoms. The molecule has 1 atom stereocenters. The third-order valence-corrected chi connectivity index (χ3v) is 4.13. The van der Waals surface area contributed by atoms with Crippen molar-refractivity contribution in [1.29, 1.82) is 0 Å². The van der Waals surface area contributed by atoms with Crippen molar-refractivity contribution in [2.24, 2.45) is 5.92 Å². The predicted octanol–water partition coefficient (Wildman–Crippen LogP) is 4.06. The summed E-state index contributed by atoms with van der Waals surface area (Å²) in [6.07, 6.45) is 3.40. The van der Waals surface area contributed by atoms with Crippen LogP contribution in [0, 0.1) is 5.92 Å². The zero-order chi connectivity index (χ0) is 20.2. The topological polar surface area (TPSA) is 61.8 Å². The second-order valence-electron chi connectivity index (χ2n) is 6.14. The molecule has 148 valence electrons. The van der Waals surface area contributed by atoms with Crippen molar-refractivity contribution in [3.05, 3.63) is 71.8 Å². The Bertz CT molecular complexity index is 765. The highest BCUT2D eigenvalue weighted by atomic mass is 16.5. The highest BCUT2D eigenvalue weighted by Gasteiger charge is 2.25. The van der Waals surface area contributed by atoms with Crippen molar-refractivity contribution >= 4 is 17.8 Å². The Morgan fingerprint density at radius 2 is 1.75 bits per heavy atom. The largest absolute Gasteiger partial charge is 0.497 e. The van der Waals surface area contributed by atoms with Gasteiger partial charge in [0, 0.05) is 6.61 Å². The van der Waals surface area contributed by atoms with E-state index in [0.29, 0.717) is 6.61 Å². The molecule has 2 aromatic carbocycles. The molecule has 2 aromatic rings. The summed E-state index contributed by atoms with van der Waals surface area (Å²) < 4.78 is 15.8. The first-order chi connectivity index (χ1) is 13.6. The third kappa shape index (κ3) is 7.00. The fourth-order valence-electron chi connectivity index (χ4n) is 2.59. The fraction of sp³-hybridized carbons (Fsp3) is 0.304. The SMILES string of the molecule is CCOC(=O)C(CCOCc1ccc(OC)cc1)C(=O)/C=C/c1ccccc1. The van der Waals surface area contributed by atoms with Crippen LogP contribution >= 0.6 is 0 Å². The number of rotatable bonds is 11. The van der Waals surface area contributed by atoms with Gasteiger partial charge in [-0.3, -0.25) is 9.59 Å². The molecule has 0 saturated carbocycles. The van der Waals surface area contributed by atoms with Crippen LogP contribution in [0.5, 0.6) is 5.75 Å². The second kappa shape index (κ2) is 11.7. The molecule has 0 N–H and O–H groups in total. The highest BCUT2D eigenvalue weighted by Crippen LogP contribution is 2.14. The Balaban J connectivity index is 1.89. The molecule has 5 heteroatoms. The monoisotopic (exact) mass is 382 g/mol. The molecule has 0 fully saturated rings. The molecule has 0 radical (unpaired) electrons. The quantitative estimate of drug-likeness (QED) is 0.254. The van der Waals surface area contributed by atoms with Gasteiger partial charge in [0.25, 0.3) is 0 Å². The number of carbonyl (C=O) groups excluding carboxylic acids is 2. The van der Waals surface area contributed by atoms with Gasteiger partial charge in [0.1, 0.15) is 11.7 Å². The zero-order valence-corrected chi connectivity index (χ0v) is 16.3. The van der Waals surface area contributed by atoms with E-state index in [1.165, 1.54) is 6.08 Å². The van der Waals surface area contributed by atoms with E-state index < -0.39 is 11.9 Å². The van der Waals surface area contributed by atoms with Gasteiger partial charge in [-0.1, -0.05) is 48.5 Å². The van der Waals surface area contributed by atoms with E-state index in [0.717, 1.165) is 16.9 Å². The summed E-state index contributed by atoms with van der Waals surface area (Å²) in [7, 11) is 1.62. The molecular weight excluding hydrogens is 356 g/mol. The first-order valence-electron chi connectivity index (χ1n) is 9.28. The molecule has 0 spiro atoms. The second-order valence-corrected chi connectivity index (χ2v) is 6.14. The number of allylic oxidation sites excluding steroid dienone is 1. The molecule has 5 nitrogen and oxygen atoms in total. The summed E-state index contributed by atoms with van der Waals surface area (Å²) in [5, 5.41) is 0. The molecule has 0 amide bonds. The molecule has 0 aromatic heterocycles. The summed E-state index contributed by atoms with van der Waals surface area (Å²) in [6.45, 7) is 2.63. The van der Waals surface area contributed by atoms with E-state index in [-0.39, 0.29) is 25.4 Å². The highest BCUT2D eigenvalue weighted by molar-refractivity contribution is 6.06. The van der Waals surface area contributed by atoms with Crippen LogP contribution in [0.2, 0.25) is 0 Å². The number of ether oxygens (including phenoxy) is 3. The summed E-state index contributed by atoms with van der Waals surface area (Å²) in [5.74, 6) is -0.883. The van der Waals surface area contributed by atoms with Crippen LogP contribution < -0.4 is 4.74 Å². The summed E-state index contributed by atoms with van der Waals surface area (Å²) in [4.78, 5) is 24.7. The van der Waals surface area contributed by atoms with Gasteiger partial charge in [-0.2, -0.15) is 0 Å². The molecular formula is C23H26O5. The Labute approximate surface area is 165 Å². The van der Waals surface area contributed by atoms with Crippen LogP contribution in [0.25, 0.3) is 6.08 Å². The van der Waals surface area contributed by atoms with Crippen molar-refractivity contribution in [3.8, 4) is 5.75 Å². The first kappa shape index (κ1) is 21.4. The van der Waals surface area contributed by atoms with Gasteiger partial charge < -0.3 is 14.2 Å². The summed E-state index contributed by atoms with van der Waals surface area (Å²) in [5.41, 5.74) is 1.89. The maximum Gasteiger partial charge on any atom is 0.316 e. The van der Waals surface area contributed by atoms with Crippen molar-refractivity contribution in [1.82, 2.24) is 0 Å². The lowest BCUT2D eigenvalue weighted by Gasteiger charge is -2.13. The Morgan fingerprint density at radius 3 is 2.39 bits per heavy atom. The van der Waals surface area contributed by atoms with Crippen LogP contribution in [-0.2, 0) is 25.7 Å². The molecule has 28 heavy (non-hydrogen) atoms. The van der Waals surface area contributed by atoms with Crippen LogP contribution in [0.15, 0.2) is 60.7 Å². The standard InChI is InChI=1S/C23H26O5/c1-3-28-23(25)21(22(24)14-11-18-7-5-4-6-8-18)15-16-27-17-19-9-12-20(26-2)13-10-19/h4-14,21H,3,15-17H2,1-2H3/b14-11+. The number of ketones is 1. The molecule has 0 aliphatic rings. The van der Waals surface area contributed by atoms with Crippen molar-refractivity contribution in [3.63, 3.8) is 0 Å². The number of esters is 1. The molecule has 2 rings (SSSR count). The average Bonchev–Trinajstić information content (AvgIpc) is 2.73. The van der Waals surface area contributed by atoms with E-state index in [1.54, 1.807) is 20.1 Å². The number of methoxy groups -OCH3 is 1. The minimum atomic E-state index is -0.865. The van der Waals surface area contributed by atoms with Crippen LogP contribution in [0.1, 0.15) is 24.5 Å². The normalized spacial score (nSPS) is 11.9. The van der Waals surface area contributed by atoms with Gasteiger partial charge in [0.05, 0.1) is 20.3 Å². The zero-order valence-electron chi connectivity index (χ0n) is 16.3. The number of hydrogen-bond acceptors (Lipinski definition) is 5. The first-order valence-corrected chi connectivity index (χ1v) is 9.28. The van der Waals surface area contributed by atoms with Gasteiger partial charge in [-0.25, -0.2) is 0 Å². The third-order valence-electron chi connectivity index (χ3n) is 4.13. The predicted molar refractivity (Wildman–Crippen MR) is 108 cm³/mol. The van der Waals surface area contributed by atoms with Gasteiger partial charge >= 0.3 is 5.97 Å². The van der Waals surface area contributed by atoms with Gasteiger partial charge in [0.15, 0.2) is 5.78 Å². The van der Waals surface area contributed by atoms with Crippen LogP contribution in [0.4, 0.5) is 0 Å². The molecule has 0 heterocycles. The van der Waals surface area contributed by atoms with Crippen molar-refractivity contribution < 1.29 is 23.8 Å². The Morgan fingerprint density at radius 1 is 1.04 bits per heavy atom. The van der Waals surface area contributed by atoms with E-state index in [4.69, 9.17) is 14.2 Å². The lowest BCUT2D eigenvalue weighted by molar-refractivity contribution is -0.151. The lowest BCUT2D eigenvalue weighted by Crippen LogP contribution is -2.26. The van der Waals surface area contributed by atoms with Crippen molar-refractivity contribution in [2.75, 3.05) is 20.3 Å². The average molecular weight is 382 g/mol. The lowest BCUT2D eigenvalue weighted by atomic mass is 9.99. The van der Waals surface area contributed by atoms with E-state index in [9.17, 15) is 9.59 Å². The number of benzene rings is 2. The Hall–Kier alpha value is -2.92. The van der Waals surface area contributed by atoms with Crippen molar-refractivity contribution in [2.45, 2.75) is 20.0 Å². The fourth-order valence-corrected chi connectivity index (χ4v) is 2.59. The molecule has 1 unspecified atom stereocenters. The van der Waals surface area contributed by atoms with Crippen LogP contribution in [-0.4, -0.2) is 32.1 Å². The van der Waals surface area contributed by atoms with Gasteiger partial charge in [0.2, 0.25) is 0 Å². The van der Waals surface area contributed by atoms with Gasteiger partial charge in [-0.15, -0.1) is 0 Å². The minimum Gasteiger partial charge on any atom is -0.497 e. The summed E-state index contributed by atoms with van der Waals surface area (Å²) in [6, 6.07) is 17.0. The maximum atomic E-state index is 12.5. The van der Waals surface area contributed by atoms with E-state index in [1.807, 2.05) is 54.6 Å². The molecule has 0 aliphatic carbocycles. The summed E-state index contributed by atoms with van der Waals surface area (Å²) >= 11 is 0. The molecule has 0 aliphatic heterocycles. The number of hydrogen-bond donors (Lipinski definition) is 0. The maximum absolute atomic E-state index is 12.5. The van der Waals surface area contributed by atoms with E-state index >= 15 is 0 Å². The van der Waals surface area contributed by atoms with Gasteiger partial charge in [-0.05, 0) is 42.7 Å².